The van der Waals surface area contributed by atoms with Crippen molar-refractivity contribution in [2.45, 2.75) is 11.8 Å². The molecular weight excluding hydrogens is 242 g/mol. The van der Waals surface area contributed by atoms with Gasteiger partial charge in [0.25, 0.3) is 5.91 Å². The summed E-state index contributed by atoms with van der Waals surface area (Å²) in [5, 5.41) is 2.89. The Morgan fingerprint density at radius 3 is 2.44 bits per heavy atom. The monoisotopic (exact) mass is 257 g/mol. The second kappa shape index (κ2) is 5.74. The molecule has 18 heavy (non-hydrogen) atoms. The lowest BCUT2D eigenvalue weighted by Gasteiger charge is -2.06. The third-order valence-corrected chi connectivity index (χ3v) is 3.37. The first kappa shape index (κ1) is 12.7. The summed E-state index contributed by atoms with van der Waals surface area (Å²) in [6.45, 7) is 1.98. The van der Waals surface area contributed by atoms with E-state index < -0.39 is 0 Å². The molecule has 0 saturated carbocycles. The van der Waals surface area contributed by atoms with Gasteiger partial charge in [-0.05, 0) is 49.6 Å². The molecule has 1 amide bonds. The van der Waals surface area contributed by atoms with Gasteiger partial charge in [0.15, 0.2) is 0 Å². The summed E-state index contributed by atoms with van der Waals surface area (Å²) in [6, 6.07) is 15.4. The summed E-state index contributed by atoms with van der Waals surface area (Å²) in [5.74, 6) is -0.0735. The standard InChI is InChI=1S/C15H15NOS/c1-11-4-3-5-12(10-11)15(17)16-13-6-8-14(18-2)9-7-13/h3-10H,1-2H3,(H,16,17). The lowest BCUT2D eigenvalue weighted by Crippen LogP contribution is -2.11. The first-order chi connectivity index (χ1) is 8.69. The average Bonchev–Trinajstić information content (AvgIpc) is 2.39. The molecule has 0 radical (unpaired) electrons. The Bertz CT molecular complexity index is 549. The number of carbonyl (C=O) groups excluding carboxylic acids is 1. The molecule has 92 valence electrons. The molecule has 0 saturated heterocycles. The van der Waals surface area contributed by atoms with Crippen LogP contribution < -0.4 is 5.32 Å². The molecule has 2 nitrogen and oxygen atoms in total. The smallest absolute Gasteiger partial charge is 0.255 e. The van der Waals surface area contributed by atoms with Gasteiger partial charge in [-0.2, -0.15) is 0 Å². The third-order valence-electron chi connectivity index (χ3n) is 2.63. The van der Waals surface area contributed by atoms with Crippen LogP contribution in [0.1, 0.15) is 15.9 Å². The predicted molar refractivity (Wildman–Crippen MR) is 77.4 cm³/mol. The molecule has 0 fully saturated rings. The fraction of sp³-hybridized carbons (Fsp3) is 0.133. The zero-order valence-electron chi connectivity index (χ0n) is 10.4. The molecule has 2 aromatic rings. The summed E-state index contributed by atoms with van der Waals surface area (Å²) in [4.78, 5) is 13.2. The molecule has 1 N–H and O–H groups in total. The molecule has 0 heterocycles. The lowest BCUT2D eigenvalue weighted by molar-refractivity contribution is 0.102. The zero-order valence-corrected chi connectivity index (χ0v) is 11.3. The molecule has 0 aromatic heterocycles. The Kier molecular flexibility index (Phi) is 4.05. The van der Waals surface area contributed by atoms with Crippen molar-refractivity contribution in [3.05, 3.63) is 59.7 Å². The molecule has 3 heteroatoms. The molecule has 0 aliphatic rings. The lowest BCUT2D eigenvalue weighted by atomic mass is 10.1. The van der Waals surface area contributed by atoms with E-state index in [1.807, 2.05) is 61.7 Å². The molecule has 0 aliphatic heterocycles. The van der Waals surface area contributed by atoms with Gasteiger partial charge in [-0.3, -0.25) is 4.79 Å². The van der Waals surface area contributed by atoms with E-state index in [1.165, 1.54) is 4.90 Å². The number of benzene rings is 2. The van der Waals surface area contributed by atoms with Crippen LogP contribution in [0.2, 0.25) is 0 Å². The van der Waals surface area contributed by atoms with E-state index in [1.54, 1.807) is 11.8 Å². The van der Waals surface area contributed by atoms with Crippen LogP contribution in [0.15, 0.2) is 53.4 Å². The fourth-order valence-corrected chi connectivity index (χ4v) is 2.07. The number of hydrogen-bond donors (Lipinski definition) is 1. The predicted octanol–water partition coefficient (Wildman–Crippen LogP) is 3.97. The number of thioether (sulfide) groups is 1. The van der Waals surface area contributed by atoms with Gasteiger partial charge in [0, 0.05) is 16.1 Å². The highest BCUT2D eigenvalue weighted by molar-refractivity contribution is 7.98. The van der Waals surface area contributed by atoms with Gasteiger partial charge in [-0.25, -0.2) is 0 Å². The number of aryl methyl sites for hydroxylation is 1. The number of rotatable bonds is 3. The van der Waals surface area contributed by atoms with Gasteiger partial charge in [0.1, 0.15) is 0 Å². The van der Waals surface area contributed by atoms with Gasteiger partial charge >= 0.3 is 0 Å². The van der Waals surface area contributed by atoms with Crippen molar-refractivity contribution in [3.8, 4) is 0 Å². The van der Waals surface area contributed by atoms with Crippen molar-refractivity contribution >= 4 is 23.4 Å². The van der Waals surface area contributed by atoms with Crippen molar-refractivity contribution in [2.75, 3.05) is 11.6 Å². The first-order valence-corrected chi connectivity index (χ1v) is 6.93. The van der Waals surface area contributed by atoms with E-state index in [0.29, 0.717) is 5.56 Å². The van der Waals surface area contributed by atoms with Crippen LogP contribution in [-0.2, 0) is 0 Å². The average molecular weight is 257 g/mol. The maximum absolute atomic E-state index is 12.0. The Balaban J connectivity index is 2.11. The largest absolute Gasteiger partial charge is 0.322 e. The van der Waals surface area contributed by atoms with Crippen LogP contribution in [0.25, 0.3) is 0 Å². The Labute approximate surface area is 111 Å². The second-order valence-electron chi connectivity index (χ2n) is 4.05. The molecule has 0 atom stereocenters. The number of amides is 1. The quantitative estimate of drug-likeness (QED) is 0.843. The normalized spacial score (nSPS) is 10.1. The zero-order chi connectivity index (χ0) is 13.0. The second-order valence-corrected chi connectivity index (χ2v) is 4.93. The number of hydrogen-bond acceptors (Lipinski definition) is 2. The van der Waals surface area contributed by atoms with Crippen molar-refractivity contribution in [1.82, 2.24) is 0 Å². The van der Waals surface area contributed by atoms with E-state index in [0.717, 1.165) is 11.3 Å². The van der Waals surface area contributed by atoms with Gasteiger partial charge in [0.05, 0.1) is 0 Å². The molecule has 2 aromatic carbocycles. The van der Waals surface area contributed by atoms with Gasteiger partial charge in [-0.15, -0.1) is 11.8 Å². The summed E-state index contributed by atoms with van der Waals surface area (Å²) < 4.78 is 0. The topological polar surface area (TPSA) is 29.1 Å². The van der Waals surface area contributed by atoms with E-state index in [2.05, 4.69) is 5.32 Å². The Morgan fingerprint density at radius 2 is 1.83 bits per heavy atom. The number of carbonyl (C=O) groups is 1. The first-order valence-electron chi connectivity index (χ1n) is 5.71. The number of nitrogens with one attached hydrogen (secondary N) is 1. The molecule has 0 bridgehead atoms. The summed E-state index contributed by atoms with van der Waals surface area (Å²) >= 11 is 1.68. The summed E-state index contributed by atoms with van der Waals surface area (Å²) in [5.41, 5.74) is 2.59. The summed E-state index contributed by atoms with van der Waals surface area (Å²) in [7, 11) is 0. The minimum absolute atomic E-state index is 0.0735. The highest BCUT2D eigenvalue weighted by Crippen LogP contribution is 2.18. The van der Waals surface area contributed by atoms with E-state index >= 15 is 0 Å². The van der Waals surface area contributed by atoms with Crippen molar-refractivity contribution in [3.63, 3.8) is 0 Å². The highest BCUT2D eigenvalue weighted by Gasteiger charge is 2.05. The van der Waals surface area contributed by atoms with Gasteiger partial charge < -0.3 is 5.32 Å². The van der Waals surface area contributed by atoms with Gasteiger partial charge in [-0.1, -0.05) is 17.7 Å². The minimum atomic E-state index is -0.0735. The van der Waals surface area contributed by atoms with E-state index in [-0.39, 0.29) is 5.91 Å². The van der Waals surface area contributed by atoms with Crippen molar-refractivity contribution in [1.29, 1.82) is 0 Å². The van der Waals surface area contributed by atoms with Crippen LogP contribution in [-0.4, -0.2) is 12.2 Å². The van der Waals surface area contributed by atoms with Crippen LogP contribution in [0.3, 0.4) is 0 Å². The Morgan fingerprint density at radius 1 is 1.11 bits per heavy atom. The number of anilines is 1. The van der Waals surface area contributed by atoms with E-state index in [9.17, 15) is 4.79 Å². The van der Waals surface area contributed by atoms with Crippen LogP contribution in [0, 0.1) is 6.92 Å². The molecular formula is C15H15NOS. The van der Waals surface area contributed by atoms with Crippen LogP contribution in [0.4, 0.5) is 5.69 Å². The van der Waals surface area contributed by atoms with Crippen LogP contribution >= 0.6 is 11.8 Å². The molecule has 0 unspecified atom stereocenters. The molecule has 0 aliphatic carbocycles. The third kappa shape index (κ3) is 3.14. The molecule has 0 spiro atoms. The van der Waals surface area contributed by atoms with Crippen LogP contribution in [0.5, 0.6) is 0 Å². The minimum Gasteiger partial charge on any atom is -0.322 e. The fourth-order valence-electron chi connectivity index (χ4n) is 1.66. The van der Waals surface area contributed by atoms with Gasteiger partial charge in [0.2, 0.25) is 0 Å². The van der Waals surface area contributed by atoms with Crippen molar-refractivity contribution in [2.24, 2.45) is 0 Å². The van der Waals surface area contributed by atoms with E-state index in [4.69, 9.17) is 0 Å². The SMILES string of the molecule is CSc1ccc(NC(=O)c2cccc(C)c2)cc1. The Hall–Kier alpha value is -1.74. The maximum atomic E-state index is 12.0. The molecule has 2 rings (SSSR count). The maximum Gasteiger partial charge on any atom is 0.255 e. The summed E-state index contributed by atoms with van der Waals surface area (Å²) in [6.07, 6.45) is 2.03. The van der Waals surface area contributed by atoms with Crippen molar-refractivity contribution < 1.29 is 4.79 Å². The highest BCUT2D eigenvalue weighted by atomic mass is 32.2.